The molecule has 4 bridgehead atoms. The van der Waals surface area contributed by atoms with Gasteiger partial charge in [-0.15, -0.1) is 0 Å². The number of carbonyl (C=O) groups excluding carboxylic acids is 2. The summed E-state index contributed by atoms with van der Waals surface area (Å²) in [5, 5.41) is 9.40. The molecule has 0 radical (unpaired) electrons. The Kier molecular flexibility index (Phi) is 7.38. The molecule has 6 aliphatic rings. The molecule has 10 atom stereocenters. The normalized spacial score (nSPS) is 36.1. The van der Waals surface area contributed by atoms with E-state index in [0.717, 1.165) is 39.4 Å². The Bertz CT molecular complexity index is 1320. The van der Waals surface area contributed by atoms with E-state index in [0.29, 0.717) is 73.1 Å². The topological polar surface area (TPSA) is 164 Å². The first-order valence-electron chi connectivity index (χ1n) is 15.5. The fourth-order valence-electron chi connectivity index (χ4n) is 8.51. The SMILES string of the molecule is O=C(CCCn1c(=O)n(CCO)c(=O)n(CCCC(=O)OCC2CC3CC2C2OC32)c1=O)OCC1CC2CC1C1OC21. The van der Waals surface area contributed by atoms with Gasteiger partial charge in [-0.1, -0.05) is 0 Å². The van der Waals surface area contributed by atoms with Crippen molar-refractivity contribution >= 4 is 11.9 Å². The molecule has 1 N–H and O–H groups in total. The molecule has 42 heavy (non-hydrogen) atoms. The van der Waals surface area contributed by atoms with Crippen LogP contribution in [0.15, 0.2) is 14.4 Å². The van der Waals surface area contributed by atoms with E-state index in [2.05, 4.69) is 0 Å². The molecule has 4 aliphatic carbocycles. The summed E-state index contributed by atoms with van der Waals surface area (Å²) in [6.07, 6.45) is 6.28. The summed E-state index contributed by atoms with van der Waals surface area (Å²) in [5.41, 5.74) is -2.48. The Balaban J connectivity index is 0.902. The van der Waals surface area contributed by atoms with Crippen molar-refractivity contribution in [2.24, 2.45) is 35.5 Å². The lowest BCUT2D eigenvalue weighted by Gasteiger charge is -2.19. The van der Waals surface area contributed by atoms with Crippen molar-refractivity contribution in [1.82, 2.24) is 13.7 Å². The number of hydrogen-bond donors (Lipinski definition) is 1. The van der Waals surface area contributed by atoms with Crippen LogP contribution < -0.4 is 17.1 Å². The standard InChI is InChI=1S/C29H39N3O10/c33-8-7-32-28(37)30(5-1-3-21(34)39-13-17-9-15-11-19(17)25-23(15)41-25)27(36)31(29(32)38)6-2-4-22(35)40-14-18-10-16-12-20(18)26-24(16)42-26/h15-20,23-26,33H,1-14H2. The Morgan fingerprint density at radius 3 is 1.48 bits per heavy atom. The summed E-state index contributed by atoms with van der Waals surface area (Å²) in [5.74, 6) is 2.00. The van der Waals surface area contributed by atoms with E-state index in [1.165, 1.54) is 0 Å². The minimum Gasteiger partial charge on any atom is -0.465 e. The Labute approximate surface area is 241 Å². The average molecular weight is 590 g/mol. The lowest BCUT2D eigenvalue weighted by Crippen LogP contribution is -2.55. The van der Waals surface area contributed by atoms with Gasteiger partial charge in [-0.3, -0.25) is 9.59 Å². The molecule has 3 heterocycles. The summed E-state index contributed by atoms with van der Waals surface area (Å²) in [4.78, 5) is 63.7. The highest BCUT2D eigenvalue weighted by Crippen LogP contribution is 2.59. The van der Waals surface area contributed by atoms with Crippen LogP contribution in [0, 0.1) is 35.5 Å². The van der Waals surface area contributed by atoms with E-state index in [9.17, 15) is 29.1 Å². The van der Waals surface area contributed by atoms with Gasteiger partial charge in [0.25, 0.3) is 0 Å². The molecule has 6 fully saturated rings. The number of rotatable bonds is 14. The van der Waals surface area contributed by atoms with Crippen LogP contribution in [0.2, 0.25) is 0 Å². The summed E-state index contributed by atoms with van der Waals surface area (Å²) in [7, 11) is 0. The van der Waals surface area contributed by atoms with Crippen molar-refractivity contribution in [3.63, 3.8) is 0 Å². The number of carbonyl (C=O) groups is 2. The summed E-state index contributed by atoms with van der Waals surface area (Å²) < 4.78 is 24.9. The lowest BCUT2D eigenvalue weighted by atomic mass is 9.89. The van der Waals surface area contributed by atoms with E-state index in [-0.39, 0.29) is 45.3 Å². The highest BCUT2D eigenvalue weighted by atomic mass is 16.6. The van der Waals surface area contributed by atoms with E-state index >= 15 is 0 Å². The molecule has 4 saturated carbocycles. The van der Waals surface area contributed by atoms with E-state index in [4.69, 9.17) is 18.9 Å². The first-order valence-corrected chi connectivity index (χ1v) is 15.5. The molecule has 1 aromatic heterocycles. The number of fused-ring (bicyclic) bond motifs is 10. The number of epoxide rings is 2. The third-order valence-corrected chi connectivity index (χ3v) is 10.6. The molecule has 2 saturated heterocycles. The third-order valence-electron chi connectivity index (χ3n) is 10.6. The number of aromatic nitrogens is 3. The second kappa shape index (κ2) is 11.1. The minimum absolute atomic E-state index is 0.0241. The van der Waals surface area contributed by atoms with Crippen LogP contribution >= 0.6 is 0 Å². The summed E-state index contributed by atoms with van der Waals surface area (Å²) in [6.45, 7) is -0.174. The molecule has 1 aromatic rings. The van der Waals surface area contributed by atoms with Crippen molar-refractivity contribution in [2.75, 3.05) is 19.8 Å². The number of aliphatic hydroxyl groups excluding tert-OH is 1. The minimum atomic E-state index is -0.836. The van der Waals surface area contributed by atoms with E-state index < -0.39 is 35.6 Å². The van der Waals surface area contributed by atoms with Crippen LogP contribution in [0.25, 0.3) is 0 Å². The van der Waals surface area contributed by atoms with Crippen LogP contribution in [0.4, 0.5) is 0 Å². The molecule has 230 valence electrons. The predicted molar refractivity (Wildman–Crippen MR) is 143 cm³/mol. The molecular formula is C29H39N3O10. The number of hydrogen-bond acceptors (Lipinski definition) is 10. The maximum atomic E-state index is 13.1. The van der Waals surface area contributed by atoms with Crippen LogP contribution in [-0.4, -0.2) is 75.0 Å². The zero-order chi connectivity index (χ0) is 29.1. The summed E-state index contributed by atoms with van der Waals surface area (Å²) in [6, 6.07) is 0. The van der Waals surface area contributed by atoms with Crippen molar-refractivity contribution in [1.29, 1.82) is 0 Å². The van der Waals surface area contributed by atoms with Gasteiger partial charge in [-0.05, 0) is 74.0 Å². The van der Waals surface area contributed by atoms with Crippen molar-refractivity contribution in [3.05, 3.63) is 31.5 Å². The Hall–Kier alpha value is -2.77. The van der Waals surface area contributed by atoms with Crippen molar-refractivity contribution in [3.8, 4) is 0 Å². The Morgan fingerprint density at radius 2 is 1.10 bits per heavy atom. The largest absolute Gasteiger partial charge is 0.465 e. The third kappa shape index (κ3) is 5.06. The average Bonchev–Trinajstić information content (AvgIpc) is 3.81. The van der Waals surface area contributed by atoms with Gasteiger partial charge in [0.05, 0.1) is 50.8 Å². The molecule has 10 unspecified atom stereocenters. The van der Waals surface area contributed by atoms with Gasteiger partial charge in [0, 0.05) is 25.9 Å². The molecule has 2 aliphatic heterocycles. The molecular weight excluding hydrogens is 550 g/mol. The van der Waals surface area contributed by atoms with Crippen molar-refractivity contribution in [2.45, 2.75) is 95.4 Å². The highest BCUT2D eigenvalue weighted by Gasteiger charge is 2.64. The zero-order valence-corrected chi connectivity index (χ0v) is 23.6. The lowest BCUT2D eigenvalue weighted by molar-refractivity contribution is -0.146. The van der Waals surface area contributed by atoms with Gasteiger partial charge < -0.3 is 24.1 Å². The fourth-order valence-corrected chi connectivity index (χ4v) is 8.51. The number of esters is 2. The van der Waals surface area contributed by atoms with Crippen LogP contribution in [0.3, 0.4) is 0 Å². The number of aliphatic hydroxyl groups is 1. The molecule has 7 rings (SSSR count). The second-order valence-electron chi connectivity index (χ2n) is 13.0. The van der Waals surface area contributed by atoms with Gasteiger partial charge in [-0.25, -0.2) is 28.1 Å². The molecule has 0 amide bonds. The quantitative estimate of drug-likeness (QED) is 0.224. The van der Waals surface area contributed by atoms with Gasteiger partial charge >= 0.3 is 29.0 Å². The van der Waals surface area contributed by atoms with Crippen molar-refractivity contribution < 1.29 is 33.6 Å². The second-order valence-corrected chi connectivity index (χ2v) is 13.0. The van der Waals surface area contributed by atoms with Crippen LogP contribution in [0.5, 0.6) is 0 Å². The monoisotopic (exact) mass is 589 g/mol. The number of ether oxygens (including phenoxy) is 4. The maximum Gasteiger partial charge on any atom is 0.336 e. The predicted octanol–water partition coefficient (Wildman–Crippen LogP) is -0.342. The van der Waals surface area contributed by atoms with Gasteiger partial charge in [0.2, 0.25) is 0 Å². The van der Waals surface area contributed by atoms with E-state index in [1.54, 1.807) is 0 Å². The smallest absolute Gasteiger partial charge is 0.336 e. The van der Waals surface area contributed by atoms with Gasteiger partial charge in [0.1, 0.15) is 0 Å². The van der Waals surface area contributed by atoms with Crippen LogP contribution in [-0.2, 0) is 48.2 Å². The fraction of sp³-hybridized carbons (Fsp3) is 0.828. The molecule has 0 aromatic carbocycles. The highest BCUT2D eigenvalue weighted by molar-refractivity contribution is 5.69. The van der Waals surface area contributed by atoms with E-state index in [1.807, 2.05) is 0 Å². The summed E-state index contributed by atoms with van der Waals surface area (Å²) >= 11 is 0. The molecule has 13 nitrogen and oxygen atoms in total. The maximum absolute atomic E-state index is 13.1. The molecule has 0 spiro atoms. The number of nitrogens with zero attached hydrogens (tertiary/aromatic N) is 3. The Morgan fingerprint density at radius 1 is 0.667 bits per heavy atom. The first kappa shape index (κ1) is 28.0. The van der Waals surface area contributed by atoms with Crippen LogP contribution in [0.1, 0.15) is 51.4 Å². The van der Waals surface area contributed by atoms with Gasteiger partial charge in [0.15, 0.2) is 0 Å². The zero-order valence-electron chi connectivity index (χ0n) is 23.6. The molecule has 13 heteroatoms. The first-order chi connectivity index (χ1) is 20.3. The van der Waals surface area contributed by atoms with Gasteiger partial charge in [-0.2, -0.15) is 0 Å².